The Labute approximate surface area is 180 Å². The number of hydrogen-bond acceptors (Lipinski definition) is 5. The second-order valence-corrected chi connectivity index (χ2v) is 6.89. The lowest BCUT2D eigenvalue weighted by Crippen LogP contribution is -2.17. The first kappa shape index (κ1) is 21.1. The fraction of sp³-hybridized carbons (Fsp3) is 0.0870. The van der Waals surface area contributed by atoms with E-state index in [1.165, 1.54) is 12.1 Å². The van der Waals surface area contributed by atoms with Crippen LogP contribution in [0, 0.1) is 6.92 Å². The molecule has 0 radical (unpaired) electrons. The van der Waals surface area contributed by atoms with Gasteiger partial charge in [0, 0.05) is 22.4 Å². The van der Waals surface area contributed by atoms with Crippen LogP contribution in [0.5, 0.6) is 5.75 Å². The Balaban J connectivity index is 1.43. The van der Waals surface area contributed by atoms with Crippen molar-refractivity contribution in [2.24, 2.45) is 0 Å². The molecule has 32 heavy (non-hydrogen) atoms. The Bertz CT molecular complexity index is 1230. The van der Waals surface area contributed by atoms with Crippen molar-refractivity contribution in [3.8, 4) is 28.7 Å². The maximum atomic E-state index is 12.4. The van der Waals surface area contributed by atoms with Crippen LogP contribution in [0.3, 0.4) is 0 Å². The third-order valence-corrected chi connectivity index (χ3v) is 4.43. The van der Waals surface area contributed by atoms with Gasteiger partial charge in [-0.2, -0.15) is 0 Å². The summed E-state index contributed by atoms with van der Waals surface area (Å²) in [5.41, 5.74) is 3.20. The molecular weight excluding hydrogens is 423 g/mol. The number of nitrogens with zero attached hydrogens (tertiary/aromatic N) is 2. The van der Waals surface area contributed by atoms with Crippen molar-refractivity contribution in [2.75, 3.05) is 5.32 Å². The first-order valence-electron chi connectivity index (χ1n) is 9.45. The number of aromatic nitrogens is 2. The van der Waals surface area contributed by atoms with E-state index in [0.717, 1.165) is 23.3 Å². The summed E-state index contributed by atoms with van der Waals surface area (Å²) in [5.74, 6) is -0.0892. The highest BCUT2D eigenvalue weighted by Gasteiger charge is 2.31. The highest BCUT2D eigenvalue weighted by molar-refractivity contribution is 6.04. The summed E-state index contributed by atoms with van der Waals surface area (Å²) < 4.78 is 46.2. The lowest BCUT2D eigenvalue weighted by Gasteiger charge is -2.10. The van der Waals surface area contributed by atoms with Crippen LogP contribution in [0.2, 0.25) is 0 Å². The predicted octanol–water partition coefficient (Wildman–Crippen LogP) is 5.86. The summed E-state index contributed by atoms with van der Waals surface area (Å²) >= 11 is 0. The van der Waals surface area contributed by atoms with E-state index < -0.39 is 12.3 Å². The van der Waals surface area contributed by atoms with Gasteiger partial charge in [-0.15, -0.1) is 23.4 Å². The van der Waals surface area contributed by atoms with Crippen LogP contribution in [-0.2, 0) is 0 Å². The lowest BCUT2D eigenvalue weighted by molar-refractivity contribution is -0.274. The third kappa shape index (κ3) is 5.12. The zero-order chi connectivity index (χ0) is 22.7. The second-order valence-electron chi connectivity index (χ2n) is 6.89. The largest absolute Gasteiger partial charge is 0.573 e. The zero-order valence-electron chi connectivity index (χ0n) is 16.7. The molecule has 6 nitrogen and oxygen atoms in total. The summed E-state index contributed by atoms with van der Waals surface area (Å²) in [4.78, 5) is 12.4. The van der Waals surface area contributed by atoms with Crippen LogP contribution in [0.4, 0.5) is 18.9 Å². The van der Waals surface area contributed by atoms with Gasteiger partial charge in [-0.3, -0.25) is 4.79 Å². The fourth-order valence-corrected chi connectivity index (χ4v) is 2.94. The van der Waals surface area contributed by atoms with Gasteiger partial charge in [0.1, 0.15) is 5.75 Å². The topological polar surface area (TPSA) is 77.2 Å². The van der Waals surface area contributed by atoms with E-state index in [-0.39, 0.29) is 5.75 Å². The van der Waals surface area contributed by atoms with Gasteiger partial charge in [-0.05, 0) is 67.6 Å². The molecule has 0 bridgehead atoms. The van der Waals surface area contributed by atoms with E-state index in [4.69, 9.17) is 4.42 Å². The van der Waals surface area contributed by atoms with Crippen molar-refractivity contribution in [2.45, 2.75) is 13.3 Å². The number of aryl methyl sites for hydroxylation is 1. The molecule has 0 saturated heterocycles. The predicted molar refractivity (Wildman–Crippen MR) is 111 cm³/mol. The first-order valence-corrected chi connectivity index (χ1v) is 9.45. The zero-order valence-corrected chi connectivity index (χ0v) is 16.7. The fourth-order valence-electron chi connectivity index (χ4n) is 2.94. The number of anilines is 1. The molecule has 0 aliphatic carbocycles. The molecule has 0 unspecified atom stereocenters. The van der Waals surface area contributed by atoms with Gasteiger partial charge in [0.15, 0.2) is 0 Å². The van der Waals surface area contributed by atoms with Gasteiger partial charge >= 0.3 is 6.36 Å². The highest BCUT2D eigenvalue weighted by Crippen LogP contribution is 2.26. The van der Waals surface area contributed by atoms with Gasteiger partial charge in [0.05, 0.1) is 0 Å². The number of amides is 1. The molecule has 9 heteroatoms. The Morgan fingerprint density at radius 2 is 1.56 bits per heavy atom. The molecule has 1 amide bonds. The normalized spacial score (nSPS) is 11.2. The molecule has 1 aromatic heterocycles. The molecule has 0 atom stereocenters. The van der Waals surface area contributed by atoms with Crippen LogP contribution >= 0.6 is 0 Å². The van der Waals surface area contributed by atoms with E-state index >= 15 is 0 Å². The molecule has 3 aromatic carbocycles. The van der Waals surface area contributed by atoms with Gasteiger partial charge in [-0.1, -0.05) is 17.7 Å². The minimum Gasteiger partial charge on any atom is -0.416 e. The third-order valence-electron chi connectivity index (χ3n) is 4.43. The van der Waals surface area contributed by atoms with Crippen molar-refractivity contribution in [3.05, 3.63) is 83.9 Å². The van der Waals surface area contributed by atoms with Crippen molar-refractivity contribution in [1.29, 1.82) is 0 Å². The number of carbonyl (C=O) groups is 1. The number of nitrogens with one attached hydrogen (secondary N) is 1. The van der Waals surface area contributed by atoms with Crippen LogP contribution in [0.15, 0.2) is 77.2 Å². The maximum absolute atomic E-state index is 12.4. The molecule has 162 valence electrons. The smallest absolute Gasteiger partial charge is 0.416 e. The summed E-state index contributed by atoms with van der Waals surface area (Å²) in [6.45, 7) is 1.97. The quantitative estimate of drug-likeness (QED) is 0.421. The lowest BCUT2D eigenvalue weighted by atomic mass is 10.1. The SMILES string of the molecule is Cc1cccc(-c2nnc(-c3ccc(C(=O)Nc4ccc(OC(F)(F)F)cc4)cc3)o2)c1. The van der Waals surface area contributed by atoms with Crippen molar-refractivity contribution in [3.63, 3.8) is 0 Å². The number of rotatable bonds is 5. The van der Waals surface area contributed by atoms with Crippen molar-refractivity contribution in [1.82, 2.24) is 10.2 Å². The molecule has 4 aromatic rings. The highest BCUT2D eigenvalue weighted by atomic mass is 19.4. The molecule has 0 spiro atoms. The van der Waals surface area contributed by atoms with Gasteiger partial charge in [-0.25, -0.2) is 0 Å². The number of benzene rings is 3. The van der Waals surface area contributed by atoms with Crippen molar-refractivity contribution < 1.29 is 27.1 Å². The van der Waals surface area contributed by atoms with E-state index in [0.29, 0.717) is 28.6 Å². The monoisotopic (exact) mass is 439 g/mol. The van der Waals surface area contributed by atoms with Crippen LogP contribution in [0.1, 0.15) is 15.9 Å². The summed E-state index contributed by atoms with van der Waals surface area (Å²) in [7, 11) is 0. The first-order chi connectivity index (χ1) is 15.3. The number of hydrogen-bond donors (Lipinski definition) is 1. The summed E-state index contributed by atoms with van der Waals surface area (Å²) in [6.07, 6.45) is -4.77. The van der Waals surface area contributed by atoms with E-state index in [1.807, 2.05) is 31.2 Å². The maximum Gasteiger partial charge on any atom is 0.573 e. The van der Waals surface area contributed by atoms with E-state index in [2.05, 4.69) is 20.3 Å². The molecule has 0 saturated carbocycles. The Morgan fingerprint density at radius 3 is 2.19 bits per heavy atom. The van der Waals surface area contributed by atoms with Gasteiger partial charge < -0.3 is 14.5 Å². The molecule has 1 N–H and O–H groups in total. The van der Waals surface area contributed by atoms with Crippen LogP contribution in [-0.4, -0.2) is 22.5 Å². The summed E-state index contributed by atoms with van der Waals surface area (Å²) in [5, 5.41) is 10.7. The van der Waals surface area contributed by atoms with Crippen LogP contribution in [0.25, 0.3) is 22.9 Å². The van der Waals surface area contributed by atoms with E-state index in [9.17, 15) is 18.0 Å². The number of alkyl halides is 3. The van der Waals surface area contributed by atoms with Crippen LogP contribution < -0.4 is 10.1 Å². The van der Waals surface area contributed by atoms with Crippen molar-refractivity contribution >= 4 is 11.6 Å². The molecule has 4 rings (SSSR count). The Morgan fingerprint density at radius 1 is 0.906 bits per heavy atom. The standard InChI is InChI=1S/C23H16F3N3O3/c1-14-3-2-4-17(13-14)22-29-28-21(31-22)16-7-5-15(6-8-16)20(30)27-18-9-11-19(12-10-18)32-23(24,25)26/h2-13H,1H3,(H,27,30). The van der Waals surface area contributed by atoms with Gasteiger partial charge in [0.25, 0.3) is 5.91 Å². The Hall–Kier alpha value is -4.14. The van der Waals surface area contributed by atoms with Gasteiger partial charge in [0.2, 0.25) is 11.8 Å². The molecule has 0 aliphatic heterocycles. The number of halogens is 3. The molecule has 1 heterocycles. The molecular formula is C23H16F3N3O3. The number of ether oxygens (including phenoxy) is 1. The average Bonchev–Trinajstić information content (AvgIpc) is 3.25. The minimum atomic E-state index is -4.77. The molecule has 0 fully saturated rings. The summed E-state index contributed by atoms with van der Waals surface area (Å²) in [6, 6.07) is 19.1. The minimum absolute atomic E-state index is 0.314. The second kappa shape index (κ2) is 8.54. The Kier molecular flexibility index (Phi) is 5.63. The average molecular weight is 439 g/mol. The number of carbonyl (C=O) groups excluding carboxylic acids is 1. The molecule has 0 aliphatic rings. The van der Waals surface area contributed by atoms with E-state index in [1.54, 1.807) is 24.3 Å².